The van der Waals surface area contributed by atoms with Crippen LogP contribution in [0, 0.1) is 35.5 Å². The quantitative estimate of drug-likeness (QED) is 0.419. The fourth-order valence-corrected chi connectivity index (χ4v) is 6.38. The number of hydrogen-bond donors (Lipinski definition) is 0. The smallest absolute Gasteiger partial charge is 0.309 e. The summed E-state index contributed by atoms with van der Waals surface area (Å²) in [4.78, 5) is 12.7. The first-order valence-corrected chi connectivity index (χ1v) is 12.8. The zero-order valence-corrected chi connectivity index (χ0v) is 19.0. The van der Waals surface area contributed by atoms with E-state index in [1.807, 2.05) is 0 Å². The van der Waals surface area contributed by atoms with Crippen LogP contribution in [0.15, 0.2) is 0 Å². The molecule has 0 N–H and O–H groups in total. The molecule has 0 spiro atoms. The lowest BCUT2D eigenvalue weighted by Crippen LogP contribution is -2.32. The van der Waals surface area contributed by atoms with Crippen LogP contribution in [0.2, 0.25) is 0 Å². The second-order valence-corrected chi connectivity index (χ2v) is 10.6. The summed E-state index contributed by atoms with van der Waals surface area (Å²) >= 11 is 0. The van der Waals surface area contributed by atoms with Gasteiger partial charge >= 0.3 is 5.97 Å². The Labute approximate surface area is 174 Å². The average molecular weight is 391 g/mol. The van der Waals surface area contributed by atoms with Crippen LogP contribution in [0.25, 0.3) is 0 Å². The minimum Gasteiger partial charge on any atom is -0.462 e. The highest BCUT2D eigenvalue weighted by atomic mass is 16.5. The first-order valence-electron chi connectivity index (χ1n) is 12.8. The number of hydrogen-bond acceptors (Lipinski definition) is 2. The van der Waals surface area contributed by atoms with Crippen molar-refractivity contribution in [3.8, 4) is 0 Å². The molecule has 2 nitrogen and oxygen atoms in total. The number of ether oxygens (including phenoxy) is 1. The van der Waals surface area contributed by atoms with Gasteiger partial charge in [0, 0.05) is 0 Å². The van der Waals surface area contributed by atoms with Gasteiger partial charge in [0.1, 0.15) is 6.10 Å². The van der Waals surface area contributed by atoms with E-state index in [1.54, 1.807) is 0 Å². The van der Waals surface area contributed by atoms with Gasteiger partial charge in [0.25, 0.3) is 0 Å². The first kappa shape index (κ1) is 22.2. The van der Waals surface area contributed by atoms with E-state index < -0.39 is 0 Å². The van der Waals surface area contributed by atoms with Crippen molar-refractivity contribution in [1.82, 2.24) is 0 Å². The molecule has 3 rings (SSSR count). The fourth-order valence-electron chi connectivity index (χ4n) is 6.38. The minimum atomic E-state index is 0.135. The summed E-state index contributed by atoms with van der Waals surface area (Å²) in [6.07, 6.45) is 19.5. The standard InChI is InChI=1S/C26H46O2/c1-4-19(3)18-21-6-10-22(11-7-21)23-12-14-24(15-13-23)26(27)28-25-16-8-20(5-2)9-17-25/h19-25H,4-18H2,1-3H3. The molecule has 0 aromatic rings. The van der Waals surface area contributed by atoms with Gasteiger partial charge in [0.15, 0.2) is 0 Å². The fraction of sp³-hybridized carbons (Fsp3) is 0.962. The van der Waals surface area contributed by atoms with Crippen molar-refractivity contribution in [2.75, 3.05) is 0 Å². The number of carbonyl (C=O) groups excluding carboxylic acids is 1. The van der Waals surface area contributed by atoms with Gasteiger partial charge in [-0.2, -0.15) is 0 Å². The predicted molar refractivity (Wildman–Crippen MR) is 117 cm³/mol. The zero-order chi connectivity index (χ0) is 19.9. The summed E-state index contributed by atoms with van der Waals surface area (Å²) in [5.74, 6) is 4.91. The van der Waals surface area contributed by atoms with Crippen molar-refractivity contribution in [2.24, 2.45) is 35.5 Å². The summed E-state index contributed by atoms with van der Waals surface area (Å²) in [5, 5.41) is 0. The summed E-state index contributed by atoms with van der Waals surface area (Å²) in [7, 11) is 0. The Morgan fingerprint density at radius 2 is 1.32 bits per heavy atom. The Bertz CT molecular complexity index is 449. The number of esters is 1. The van der Waals surface area contributed by atoms with Gasteiger partial charge in [0.2, 0.25) is 0 Å². The van der Waals surface area contributed by atoms with Crippen molar-refractivity contribution in [3.63, 3.8) is 0 Å². The van der Waals surface area contributed by atoms with E-state index >= 15 is 0 Å². The van der Waals surface area contributed by atoms with Gasteiger partial charge in [-0.1, -0.05) is 46.5 Å². The third kappa shape index (κ3) is 6.23. The van der Waals surface area contributed by atoms with Crippen molar-refractivity contribution in [3.05, 3.63) is 0 Å². The normalized spacial score (nSPS) is 38.0. The molecule has 28 heavy (non-hydrogen) atoms. The molecule has 3 aliphatic rings. The Morgan fingerprint density at radius 3 is 1.86 bits per heavy atom. The van der Waals surface area contributed by atoms with Crippen molar-refractivity contribution >= 4 is 5.97 Å². The molecule has 1 unspecified atom stereocenters. The topological polar surface area (TPSA) is 26.3 Å². The molecule has 3 aliphatic carbocycles. The minimum absolute atomic E-state index is 0.135. The van der Waals surface area contributed by atoms with Gasteiger partial charge in [-0.3, -0.25) is 4.79 Å². The molecule has 3 fully saturated rings. The Kier molecular flexibility index (Phi) is 8.72. The van der Waals surface area contributed by atoms with Crippen molar-refractivity contribution in [1.29, 1.82) is 0 Å². The second-order valence-electron chi connectivity index (χ2n) is 10.6. The summed E-state index contributed by atoms with van der Waals surface area (Å²) in [5.41, 5.74) is 0. The first-order chi connectivity index (χ1) is 13.6. The molecule has 0 aromatic heterocycles. The van der Waals surface area contributed by atoms with Crippen molar-refractivity contribution in [2.45, 2.75) is 123 Å². The molecule has 0 bridgehead atoms. The van der Waals surface area contributed by atoms with Crippen LogP contribution in [0.1, 0.15) is 117 Å². The van der Waals surface area contributed by atoms with Crippen molar-refractivity contribution < 1.29 is 9.53 Å². The lowest BCUT2D eigenvalue weighted by Gasteiger charge is -2.38. The number of rotatable bonds is 7. The molecule has 0 radical (unpaired) electrons. The van der Waals surface area contributed by atoms with Crippen LogP contribution >= 0.6 is 0 Å². The van der Waals surface area contributed by atoms with E-state index in [2.05, 4.69) is 20.8 Å². The van der Waals surface area contributed by atoms with E-state index in [4.69, 9.17) is 4.74 Å². The molecule has 1 atom stereocenters. The van der Waals surface area contributed by atoms with Gasteiger partial charge in [-0.05, 0) is 100 Å². The van der Waals surface area contributed by atoms with Crippen LogP contribution in [-0.4, -0.2) is 12.1 Å². The molecule has 0 aromatic carbocycles. The maximum Gasteiger partial charge on any atom is 0.309 e. The van der Waals surface area contributed by atoms with E-state index in [-0.39, 0.29) is 18.0 Å². The Balaban J connectivity index is 1.34. The molecule has 3 saturated carbocycles. The zero-order valence-electron chi connectivity index (χ0n) is 19.0. The molecule has 0 amide bonds. The Morgan fingerprint density at radius 1 is 0.786 bits per heavy atom. The monoisotopic (exact) mass is 390 g/mol. The lowest BCUT2D eigenvalue weighted by molar-refractivity contribution is -0.157. The predicted octanol–water partition coefficient (Wildman–Crippen LogP) is 7.55. The third-order valence-corrected chi connectivity index (χ3v) is 8.75. The molecule has 0 aliphatic heterocycles. The highest BCUT2D eigenvalue weighted by molar-refractivity contribution is 5.72. The highest BCUT2D eigenvalue weighted by Gasteiger charge is 2.34. The maximum atomic E-state index is 12.7. The molecule has 162 valence electrons. The SMILES string of the molecule is CCC(C)CC1CCC(C2CCC(C(=O)OC3CCC(CC)CC3)CC2)CC1. The van der Waals surface area contributed by atoms with E-state index in [0.717, 1.165) is 55.3 Å². The average Bonchev–Trinajstić information content (AvgIpc) is 2.75. The summed E-state index contributed by atoms with van der Waals surface area (Å²) in [6.45, 7) is 7.03. The van der Waals surface area contributed by atoms with Gasteiger partial charge in [-0.25, -0.2) is 0 Å². The lowest BCUT2D eigenvalue weighted by atomic mass is 9.68. The Hall–Kier alpha value is -0.530. The van der Waals surface area contributed by atoms with Crippen LogP contribution in [-0.2, 0) is 9.53 Å². The molecule has 2 heteroatoms. The highest BCUT2D eigenvalue weighted by Crippen LogP contribution is 2.43. The van der Waals surface area contributed by atoms with E-state index in [9.17, 15) is 4.79 Å². The second kappa shape index (κ2) is 11.0. The largest absolute Gasteiger partial charge is 0.462 e. The summed E-state index contributed by atoms with van der Waals surface area (Å²) in [6, 6.07) is 0. The van der Waals surface area contributed by atoms with Crippen LogP contribution < -0.4 is 0 Å². The molecular weight excluding hydrogens is 344 g/mol. The van der Waals surface area contributed by atoms with Crippen LogP contribution in [0.3, 0.4) is 0 Å². The van der Waals surface area contributed by atoms with Gasteiger partial charge < -0.3 is 4.74 Å². The maximum absolute atomic E-state index is 12.7. The van der Waals surface area contributed by atoms with Gasteiger partial charge in [-0.15, -0.1) is 0 Å². The molecule has 0 heterocycles. The molecular formula is C26H46O2. The third-order valence-electron chi connectivity index (χ3n) is 8.75. The molecule has 0 saturated heterocycles. The van der Waals surface area contributed by atoms with E-state index in [0.29, 0.717) is 0 Å². The number of carbonyl (C=O) groups is 1. The van der Waals surface area contributed by atoms with Crippen LogP contribution in [0.5, 0.6) is 0 Å². The van der Waals surface area contributed by atoms with Gasteiger partial charge in [0.05, 0.1) is 5.92 Å². The summed E-state index contributed by atoms with van der Waals surface area (Å²) < 4.78 is 5.93. The van der Waals surface area contributed by atoms with E-state index in [1.165, 1.54) is 70.6 Å². The van der Waals surface area contributed by atoms with Crippen LogP contribution in [0.4, 0.5) is 0 Å².